The Balaban J connectivity index is 3.10. The minimum absolute atomic E-state index is 0.224. The van der Waals surface area contributed by atoms with Crippen LogP contribution >= 0.6 is 15.9 Å². The number of terminal acetylenes is 1. The molecule has 0 unspecified atom stereocenters. The zero-order valence-electron chi connectivity index (χ0n) is 10.1. The predicted octanol–water partition coefficient (Wildman–Crippen LogP) is 2.48. The van der Waals surface area contributed by atoms with E-state index in [1.807, 2.05) is 0 Å². The van der Waals surface area contributed by atoms with Crippen molar-refractivity contribution in [1.29, 1.82) is 0 Å². The first kappa shape index (κ1) is 13.6. The Morgan fingerprint density at radius 3 is 2.65 bits per heavy atom. The van der Waals surface area contributed by atoms with Crippen LogP contribution in [0.15, 0.2) is 16.6 Å². The standard InChI is InChI=1S/C13H15BrN2O/c1-5-13(3,4)16-12(17)10-6-9(14)7-11(15)8(10)2/h1,6-7H,15H2,2-4H3,(H,16,17). The molecule has 0 aliphatic heterocycles. The van der Waals surface area contributed by atoms with Gasteiger partial charge in [0.15, 0.2) is 0 Å². The molecule has 17 heavy (non-hydrogen) atoms. The van der Waals surface area contributed by atoms with Gasteiger partial charge in [-0.15, -0.1) is 6.42 Å². The zero-order valence-corrected chi connectivity index (χ0v) is 11.7. The Hall–Kier alpha value is -1.47. The molecule has 90 valence electrons. The molecule has 1 aromatic rings. The number of rotatable bonds is 2. The van der Waals surface area contributed by atoms with Gasteiger partial charge in [0.05, 0.1) is 5.54 Å². The van der Waals surface area contributed by atoms with Gasteiger partial charge in [0.2, 0.25) is 0 Å². The van der Waals surface area contributed by atoms with Gasteiger partial charge >= 0.3 is 0 Å². The second kappa shape index (κ2) is 4.80. The van der Waals surface area contributed by atoms with E-state index in [0.29, 0.717) is 11.3 Å². The molecule has 0 radical (unpaired) electrons. The van der Waals surface area contributed by atoms with E-state index in [1.165, 1.54) is 0 Å². The first-order chi connectivity index (χ1) is 7.76. The van der Waals surface area contributed by atoms with Gasteiger partial charge in [0, 0.05) is 15.7 Å². The average Bonchev–Trinajstić information content (AvgIpc) is 2.22. The number of hydrogen-bond acceptors (Lipinski definition) is 2. The number of nitrogens with two attached hydrogens (primary N) is 1. The third kappa shape index (κ3) is 3.24. The highest BCUT2D eigenvalue weighted by Crippen LogP contribution is 2.23. The van der Waals surface area contributed by atoms with Gasteiger partial charge in [-0.25, -0.2) is 0 Å². The van der Waals surface area contributed by atoms with Gasteiger partial charge in [-0.2, -0.15) is 0 Å². The molecule has 0 aromatic heterocycles. The van der Waals surface area contributed by atoms with Crippen LogP contribution in [0.4, 0.5) is 5.69 Å². The van der Waals surface area contributed by atoms with E-state index in [0.717, 1.165) is 10.0 Å². The van der Waals surface area contributed by atoms with Crippen LogP contribution in [0.25, 0.3) is 0 Å². The van der Waals surface area contributed by atoms with Crippen LogP contribution in [0.2, 0.25) is 0 Å². The summed E-state index contributed by atoms with van der Waals surface area (Å²) in [5.41, 5.74) is 6.97. The fourth-order valence-corrected chi connectivity index (χ4v) is 1.80. The summed E-state index contributed by atoms with van der Waals surface area (Å²) in [7, 11) is 0. The molecule has 0 atom stereocenters. The molecule has 3 N–H and O–H groups in total. The minimum atomic E-state index is -0.680. The van der Waals surface area contributed by atoms with Crippen molar-refractivity contribution in [3.8, 4) is 12.3 Å². The molecule has 4 heteroatoms. The third-order valence-corrected chi connectivity index (χ3v) is 2.90. The number of anilines is 1. The number of benzene rings is 1. The lowest BCUT2D eigenvalue weighted by molar-refractivity contribution is 0.0929. The Morgan fingerprint density at radius 1 is 1.53 bits per heavy atom. The average molecular weight is 295 g/mol. The van der Waals surface area contributed by atoms with Crippen LogP contribution in [0.5, 0.6) is 0 Å². The molecule has 0 spiro atoms. The summed E-state index contributed by atoms with van der Waals surface area (Å²) in [4.78, 5) is 12.1. The lowest BCUT2D eigenvalue weighted by atomic mass is 10.0. The summed E-state index contributed by atoms with van der Waals surface area (Å²) in [6.45, 7) is 5.34. The van der Waals surface area contributed by atoms with Crippen molar-refractivity contribution in [3.05, 3.63) is 27.7 Å². The summed E-state index contributed by atoms with van der Waals surface area (Å²) < 4.78 is 0.768. The van der Waals surface area contributed by atoms with Crippen molar-refractivity contribution in [2.75, 3.05) is 5.73 Å². The Bertz CT molecular complexity index is 501. The molecular weight excluding hydrogens is 280 g/mol. The maximum absolute atomic E-state index is 12.1. The van der Waals surface area contributed by atoms with Gasteiger partial charge in [-0.1, -0.05) is 21.9 Å². The number of halogens is 1. The number of carbonyl (C=O) groups excluding carboxylic acids is 1. The molecular formula is C13H15BrN2O. The second-order valence-electron chi connectivity index (χ2n) is 4.39. The minimum Gasteiger partial charge on any atom is -0.398 e. The molecule has 0 saturated carbocycles. The highest BCUT2D eigenvalue weighted by atomic mass is 79.9. The van der Waals surface area contributed by atoms with Crippen molar-refractivity contribution in [1.82, 2.24) is 5.32 Å². The summed E-state index contributed by atoms with van der Waals surface area (Å²) in [6.07, 6.45) is 5.33. The van der Waals surface area contributed by atoms with E-state index in [1.54, 1.807) is 32.9 Å². The van der Waals surface area contributed by atoms with Gasteiger partial charge in [-0.05, 0) is 38.5 Å². The molecule has 1 rings (SSSR count). The summed E-state index contributed by atoms with van der Waals surface area (Å²) in [6, 6.07) is 3.49. The monoisotopic (exact) mass is 294 g/mol. The van der Waals surface area contributed by atoms with Gasteiger partial charge in [0.25, 0.3) is 5.91 Å². The van der Waals surface area contributed by atoms with Crippen molar-refractivity contribution in [3.63, 3.8) is 0 Å². The maximum atomic E-state index is 12.1. The largest absolute Gasteiger partial charge is 0.398 e. The lowest BCUT2D eigenvalue weighted by Gasteiger charge is -2.20. The summed E-state index contributed by atoms with van der Waals surface area (Å²) in [5.74, 6) is 2.29. The van der Waals surface area contributed by atoms with Crippen molar-refractivity contribution in [2.45, 2.75) is 26.3 Å². The summed E-state index contributed by atoms with van der Waals surface area (Å²) in [5, 5.41) is 2.77. The molecule has 0 fully saturated rings. The normalized spacial score (nSPS) is 10.8. The number of hydrogen-bond donors (Lipinski definition) is 2. The Labute approximate surface area is 110 Å². The predicted molar refractivity (Wildman–Crippen MR) is 73.7 cm³/mol. The van der Waals surface area contributed by atoms with E-state index in [9.17, 15) is 4.79 Å². The van der Waals surface area contributed by atoms with E-state index in [-0.39, 0.29) is 5.91 Å². The fraction of sp³-hybridized carbons (Fsp3) is 0.308. The van der Waals surface area contributed by atoms with E-state index in [2.05, 4.69) is 27.2 Å². The van der Waals surface area contributed by atoms with Crippen molar-refractivity contribution < 1.29 is 4.79 Å². The molecule has 0 heterocycles. The number of nitrogen functional groups attached to an aromatic ring is 1. The molecule has 1 aromatic carbocycles. The van der Waals surface area contributed by atoms with Crippen molar-refractivity contribution in [2.24, 2.45) is 0 Å². The molecule has 0 aliphatic rings. The molecule has 1 amide bonds. The number of amides is 1. The van der Waals surface area contributed by atoms with E-state index < -0.39 is 5.54 Å². The van der Waals surface area contributed by atoms with Crippen LogP contribution in [-0.2, 0) is 0 Å². The smallest absolute Gasteiger partial charge is 0.252 e. The zero-order chi connectivity index (χ0) is 13.2. The first-order valence-electron chi connectivity index (χ1n) is 5.13. The maximum Gasteiger partial charge on any atom is 0.252 e. The van der Waals surface area contributed by atoms with Crippen LogP contribution in [0.1, 0.15) is 29.8 Å². The van der Waals surface area contributed by atoms with E-state index >= 15 is 0 Å². The van der Waals surface area contributed by atoms with Gasteiger partial charge < -0.3 is 11.1 Å². The molecule has 0 aliphatic carbocycles. The SMILES string of the molecule is C#CC(C)(C)NC(=O)c1cc(Br)cc(N)c1C. The Morgan fingerprint density at radius 2 is 2.12 bits per heavy atom. The fourth-order valence-electron chi connectivity index (χ4n) is 1.32. The number of nitrogens with one attached hydrogen (secondary N) is 1. The highest BCUT2D eigenvalue weighted by molar-refractivity contribution is 9.10. The third-order valence-electron chi connectivity index (χ3n) is 2.44. The number of carbonyl (C=O) groups is 1. The Kier molecular flexibility index (Phi) is 3.84. The topological polar surface area (TPSA) is 55.1 Å². The summed E-state index contributed by atoms with van der Waals surface area (Å²) >= 11 is 3.31. The van der Waals surface area contributed by atoms with Gasteiger partial charge in [-0.3, -0.25) is 4.79 Å². The quantitative estimate of drug-likeness (QED) is 0.650. The highest BCUT2D eigenvalue weighted by Gasteiger charge is 2.20. The van der Waals surface area contributed by atoms with Crippen LogP contribution in [0.3, 0.4) is 0 Å². The molecule has 0 bridgehead atoms. The lowest BCUT2D eigenvalue weighted by Crippen LogP contribution is -2.42. The van der Waals surface area contributed by atoms with Gasteiger partial charge in [0.1, 0.15) is 0 Å². The first-order valence-corrected chi connectivity index (χ1v) is 5.92. The molecule has 3 nitrogen and oxygen atoms in total. The van der Waals surface area contributed by atoms with Crippen molar-refractivity contribution >= 4 is 27.5 Å². The van der Waals surface area contributed by atoms with Crippen LogP contribution in [-0.4, -0.2) is 11.4 Å². The van der Waals surface area contributed by atoms with E-state index in [4.69, 9.17) is 12.2 Å². The second-order valence-corrected chi connectivity index (χ2v) is 5.31. The van der Waals surface area contributed by atoms with Crippen LogP contribution < -0.4 is 11.1 Å². The van der Waals surface area contributed by atoms with Crippen LogP contribution in [0, 0.1) is 19.3 Å². The molecule has 0 saturated heterocycles.